The lowest BCUT2D eigenvalue weighted by Gasteiger charge is -2.05. The summed E-state index contributed by atoms with van der Waals surface area (Å²) in [4.78, 5) is 7.13. The lowest BCUT2D eigenvalue weighted by Crippen LogP contribution is -1.83. The minimum Gasteiger partial charge on any atom is -0.507 e. The Balaban J connectivity index is 2.32. The number of phenolic OH excluding ortho intramolecular Hbond substituents is 1. The van der Waals surface area contributed by atoms with Crippen molar-refractivity contribution in [1.29, 1.82) is 0 Å². The maximum Gasteiger partial charge on any atom is 0.141 e. The van der Waals surface area contributed by atoms with Crippen LogP contribution in [0.15, 0.2) is 48.8 Å². The van der Waals surface area contributed by atoms with Gasteiger partial charge in [-0.15, -0.1) is 0 Å². The van der Waals surface area contributed by atoms with Gasteiger partial charge >= 0.3 is 0 Å². The fourth-order valence-electron chi connectivity index (χ4n) is 1.86. The van der Waals surface area contributed by atoms with Gasteiger partial charge < -0.3 is 10.1 Å². The molecule has 0 aliphatic carbocycles. The molecule has 3 rings (SSSR count). The normalized spacial score (nSPS) is 10.8. The van der Waals surface area contributed by atoms with Crippen molar-refractivity contribution in [3.05, 3.63) is 48.8 Å². The SMILES string of the molecule is Oc1c(-c2ncc[nH]2)ccc2ccccc12. The van der Waals surface area contributed by atoms with Gasteiger partial charge in [0.1, 0.15) is 11.6 Å². The Morgan fingerprint density at radius 1 is 1.06 bits per heavy atom. The largest absolute Gasteiger partial charge is 0.507 e. The van der Waals surface area contributed by atoms with Crippen molar-refractivity contribution in [3.8, 4) is 17.1 Å². The number of benzene rings is 2. The van der Waals surface area contributed by atoms with E-state index < -0.39 is 0 Å². The first-order valence-electron chi connectivity index (χ1n) is 5.07. The average Bonchev–Trinajstić information content (AvgIpc) is 2.83. The first-order valence-corrected chi connectivity index (χ1v) is 5.07. The number of hydrogen-bond acceptors (Lipinski definition) is 2. The number of nitrogens with zero attached hydrogens (tertiary/aromatic N) is 1. The smallest absolute Gasteiger partial charge is 0.141 e. The van der Waals surface area contributed by atoms with Gasteiger partial charge in [-0.1, -0.05) is 30.3 Å². The molecule has 0 aliphatic heterocycles. The van der Waals surface area contributed by atoms with E-state index in [9.17, 15) is 5.11 Å². The van der Waals surface area contributed by atoms with Crippen LogP contribution in [-0.4, -0.2) is 15.1 Å². The Kier molecular flexibility index (Phi) is 1.90. The standard InChI is InChI=1S/C13H10N2O/c16-12-10-4-2-1-3-9(10)5-6-11(12)13-14-7-8-15-13/h1-8,16H,(H,14,15). The van der Waals surface area contributed by atoms with E-state index in [1.165, 1.54) is 0 Å². The summed E-state index contributed by atoms with van der Waals surface area (Å²) in [5.41, 5.74) is 0.726. The zero-order valence-corrected chi connectivity index (χ0v) is 8.51. The van der Waals surface area contributed by atoms with Crippen molar-refractivity contribution in [3.63, 3.8) is 0 Å². The number of hydrogen-bond donors (Lipinski definition) is 2. The zero-order chi connectivity index (χ0) is 11.0. The Labute approximate surface area is 92.4 Å². The Morgan fingerprint density at radius 3 is 2.75 bits per heavy atom. The Morgan fingerprint density at radius 2 is 1.94 bits per heavy atom. The lowest BCUT2D eigenvalue weighted by molar-refractivity contribution is 0.483. The number of nitrogens with one attached hydrogen (secondary N) is 1. The molecule has 1 heterocycles. The molecular formula is C13H10N2O. The van der Waals surface area contributed by atoms with E-state index in [4.69, 9.17) is 0 Å². The van der Waals surface area contributed by atoms with E-state index in [1.807, 2.05) is 36.4 Å². The third-order valence-electron chi connectivity index (χ3n) is 2.65. The van der Waals surface area contributed by atoms with E-state index in [0.29, 0.717) is 5.82 Å². The molecule has 1 aromatic heterocycles. The van der Waals surface area contributed by atoms with Gasteiger partial charge in [-0.3, -0.25) is 0 Å². The predicted octanol–water partition coefficient (Wildman–Crippen LogP) is 2.94. The van der Waals surface area contributed by atoms with Crippen molar-refractivity contribution < 1.29 is 5.11 Å². The van der Waals surface area contributed by atoms with Crippen LogP contribution in [-0.2, 0) is 0 Å². The van der Waals surface area contributed by atoms with Crippen LogP contribution in [0.4, 0.5) is 0 Å². The highest BCUT2D eigenvalue weighted by Gasteiger charge is 2.09. The zero-order valence-electron chi connectivity index (χ0n) is 8.51. The second-order valence-electron chi connectivity index (χ2n) is 3.62. The number of aromatic nitrogens is 2. The molecule has 0 amide bonds. The fourth-order valence-corrected chi connectivity index (χ4v) is 1.86. The van der Waals surface area contributed by atoms with Gasteiger partial charge in [0, 0.05) is 17.8 Å². The van der Waals surface area contributed by atoms with E-state index in [2.05, 4.69) is 9.97 Å². The van der Waals surface area contributed by atoms with Gasteiger partial charge in [0.25, 0.3) is 0 Å². The van der Waals surface area contributed by atoms with Gasteiger partial charge in [-0.2, -0.15) is 0 Å². The fraction of sp³-hybridized carbons (Fsp3) is 0. The molecule has 0 radical (unpaired) electrons. The van der Waals surface area contributed by atoms with Crippen LogP contribution in [0.5, 0.6) is 5.75 Å². The molecular weight excluding hydrogens is 200 g/mol. The van der Waals surface area contributed by atoms with Crippen LogP contribution in [0.1, 0.15) is 0 Å². The van der Waals surface area contributed by atoms with Crippen molar-refractivity contribution in [1.82, 2.24) is 9.97 Å². The summed E-state index contributed by atoms with van der Waals surface area (Å²) in [5, 5.41) is 12.0. The molecule has 16 heavy (non-hydrogen) atoms. The number of rotatable bonds is 1. The molecule has 2 N–H and O–H groups in total. The van der Waals surface area contributed by atoms with Crippen LogP contribution >= 0.6 is 0 Å². The summed E-state index contributed by atoms with van der Waals surface area (Å²) in [6, 6.07) is 11.6. The molecule has 0 spiro atoms. The second-order valence-corrected chi connectivity index (χ2v) is 3.62. The van der Waals surface area contributed by atoms with Crippen molar-refractivity contribution in [2.45, 2.75) is 0 Å². The maximum absolute atomic E-state index is 10.2. The predicted molar refractivity (Wildman–Crippen MR) is 63.2 cm³/mol. The van der Waals surface area contributed by atoms with Gasteiger partial charge in [0.2, 0.25) is 0 Å². The summed E-state index contributed by atoms with van der Waals surface area (Å²) < 4.78 is 0. The summed E-state index contributed by atoms with van der Waals surface area (Å²) in [5.74, 6) is 0.955. The van der Waals surface area contributed by atoms with Gasteiger partial charge in [0.15, 0.2) is 0 Å². The van der Waals surface area contributed by atoms with E-state index in [-0.39, 0.29) is 5.75 Å². The maximum atomic E-state index is 10.2. The second kappa shape index (κ2) is 3.38. The molecule has 3 heteroatoms. The highest BCUT2D eigenvalue weighted by molar-refractivity contribution is 5.93. The first-order chi connectivity index (χ1) is 7.86. The minimum atomic E-state index is 0.271. The molecule has 0 fully saturated rings. The molecule has 2 aromatic carbocycles. The average molecular weight is 210 g/mol. The highest BCUT2D eigenvalue weighted by Crippen LogP contribution is 2.33. The number of H-pyrrole nitrogens is 1. The van der Waals surface area contributed by atoms with Crippen LogP contribution in [0, 0.1) is 0 Å². The molecule has 3 aromatic rings. The third kappa shape index (κ3) is 1.26. The highest BCUT2D eigenvalue weighted by atomic mass is 16.3. The van der Waals surface area contributed by atoms with Gasteiger partial charge in [-0.25, -0.2) is 4.98 Å². The Hall–Kier alpha value is -2.29. The van der Waals surface area contributed by atoms with Crippen molar-refractivity contribution in [2.24, 2.45) is 0 Å². The van der Waals surface area contributed by atoms with Crippen LogP contribution in [0.25, 0.3) is 22.2 Å². The number of fused-ring (bicyclic) bond motifs is 1. The molecule has 0 atom stereocenters. The molecule has 3 nitrogen and oxygen atoms in total. The molecule has 78 valence electrons. The summed E-state index contributed by atoms with van der Waals surface area (Å²) in [6.07, 6.45) is 3.41. The van der Waals surface area contributed by atoms with Crippen LogP contribution in [0.3, 0.4) is 0 Å². The van der Waals surface area contributed by atoms with Crippen LogP contribution in [0.2, 0.25) is 0 Å². The lowest BCUT2D eigenvalue weighted by atomic mass is 10.1. The molecule has 0 unspecified atom stereocenters. The quantitative estimate of drug-likeness (QED) is 0.648. The monoisotopic (exact) mass is 210 g/mol. The third-order valence-corrected chi connectivity index (χ3v) is 2.65. The number of aromatic amines is 1. The summed E-state index contributed by atoms with van der Waals surface area (Å²) >= 11 is 0. The molecule has 0 saturated carbocycles. The van der Waals surface area contributed by atoms with Crippen molar-refractivity contribution >= 4 is 10.8 Å². The number of phenols is 1. The number of aromatic hydroxyl groups is 1. The van der Waals surface area contributed by atoms with Gasteiger partial charge in [-0.05, 0) is 11.5 Å². The Bertz CT molecular complexity index is 629. The summed E-state index contributed by atoms with van der Waals surface area (Å²) in [6.45, 7) is 0. The van der Waals surface area contributed by atoms with Gasteiger partial charge in [0.05, 0.1) is 5.56 Å². The topological polar surface area (TPSA) is 48.9 Å². The molecule has 0 aliphatic rings. The van der Waals surface area contributed by atoms with Crippen LogP contribution < -0.4 is 0 Å². The molecule has 0 bridgehead atoms. The van der Waals surface area contributed by atoms with E-state index >= 15 is 0 Å². The summed E-state index contributed by atoms with van der Waals surface area (Å²) in [7, 11) is 0. The first kappa shape index (κ1) is 8.97. The van der Waals surface area contributed by atoms with Crippen molar-refractivity contribution in [2.75, 3.05) is 0 Å². The number of imidazole rings is 1. The molecule has 0 saturated heterocycles. The minimum absolute atomic E-state index is 0.271. The van der Waals surface area contributed by atoms with E-state index in [0.717, 1.165) is 16.3 Å². The van der Waals surface area contributed by atoms with E-state index in [1.54, 1.807) is 12.4 Å².